The summed E-state index contributed by atoms with van der Waals surface area (Å²) >= 11 is 0. The molecule has 0 radical (unpaired) electrons. The van der Waals surface area contributed by atoms with Gasteiger partial charge in [-0.25, -0.2) is 4.67 Å². The van der Waals surface area contributed by atoms with E-state index < -0.39 is 8.53 Å². The van der Waals surface area contributed by atoms with Gasteiger partial charge in [-0.1, -0.05) is 131 Å². The summed E-state index contributed by atoms with van der Waals surface area (Å²) in [6, 6.07) is 2.84. The van der Waals surface area contributed by atoms with Crippen LogP contribution < -0.4 is 10.6 Å². The summed E-state index contributed by atoms with van der Waals surface area (Å²) in [6.07, 6.45) is 24.8. The molecule has 0 aliphatic heterocycles. The van der Waals surface area contributed by atoms with Crippen molar-refractivity contribution in [1.82, 2.24) is 15.3 Å². The maximum Gasteiger partial charge on any atom is 0.259 e. The molecule has 0 aromatic heterocycles. The number of nitrogens with one attached hydrogen (secondary N) is 2. The molecule has 0 aromatic rings. The van der Waals surface area contributed by atoms with Gasteiger partial charge in [-0.05, 0) is 60.5 Å². The lowest BCUT2D eigenvalue weighted by Gasteiger charge is -2.35. The average molecular weight is 661 g/mol. The van der Waals surface area contributed by atoms with E-state index in [0.29, 0.717) is 25.1 Å². The molecule has 0 aliphatic carbocycles. The van der Waals surface area contributed by atoms with Crippen LogP contribution in [0, 0.1) is 11.3 Å². The molecule has 2 N–H and O–H groups in total. The van der Waals surface area contributed by atoms with Gasteiger partial charge in [0.1, 0.15) is 0 Å². The number of nitriles is 1. The Morgan fingerprint density at radius 2 is 1.07 bits per heavy atom. The molecular formula is C37H81N4O3P. The molecule has 0 heterocycles. The van der Waals surface area contributed by atoms with Crippen molar-refractivity contribution in [2.24, 2.45) is 0 Å². The van der Waals surface area contributed by atoms with Crippen LogP contribution in [0.25, 0.3) is 0 Å². The first-order chi connectivity index (χ1) is 22.0. The third-order valence-electron chi connectivity index (χ3n) is 6.94. The normalized spacial score (nSPS) is 11.1. The van der Waals surface area contributed by atoms with Crippen LogP contribution in [0.5, 0.6) is 0 Å². The molecule has 0 aliphatic rings. The van der Waals surface area contributed by atoms with Crippen molar-refractivity contribution < 1.29 is 13.8 Å². The van der Waals surface area contributed by atoms with Crippen LogP contribution in [0.3, 0.4) is 0 Å². The van der Waals surface area contributed by atoms with Gasteiger partial charge in [0.25, 0.3) is 8.53 Å². The number of rotatable bonds is 30. The van der Waals surface area contributed by atoms with Gasteiger partial charge in [0.2, 0.25) is 6.41 Å². The maximum atomic E-state index is 10.1. The van der Waals surface area contributed by atoms with Gasteiger partial charge in [0, 0.05) is 18.6 Å². The van der Waals surface area contributed by atoms with E-state index in [2.05, 4.69) is 56.0 Å². The van der Waals surface area contributed by atoms with Crippen molar-refractivity contribution in [2.45, 2.75) is 196 Å². The van der Waals surface area contributed by atoms with Gasteiger partial charge in [0.05, 0.1) is 25.7 Å². The molecule has 7 nitrogen and oxygen atoms in total. The van der Waals surface area contributed by atoms with Crippen molar-refractivity contribution in [1.29, 1.82) is 5.26 Å². The number of unbranched alkanes of at least 4 members (excludes halogenated alkanes) is 16. The molecule has 8 heteroatoms. The summed E-state index contributed by atoms with van der Waals surface area (Å²) in [5.74, 6) is 0. The van der Waals surface area contributed by atoms with Crippen LogP contribution in [-0.2, 0) is 13.8 Å². The molecule has 1 amide bonds. The molecule has 0 saturated carbocycles. The molecule has 272 valence electrons. The Bertz CT molecular complexity index is 544. The number of carbonyl (C=O) groups excluding carboxylic acids is 1. The van der Waals surface area contributed by atoms with Crippen LogP contribution in [0.2, 0.25) is 0 Å². The summed E-state index contributed by atoms with van der Waals surface area (Å²) < 4.78 is 14.3. The predicted octanol–water partition coefficient (Wildman–Crippen LogP) is 11.3. The van der Waals surface area contributed by atoms with Crippen molar-refractivity contribution in [3.8, 4) is 6.07 Å². The molecule has 0 rings (SSSR count). The molecule has 0 fully saturated rings. The van der Waals surface area contributed by atoms with E-state index in [1.807, 2.05) is 34.7 Å². The van der Waals surface area contributed by atoms with Gasteiger partial charge in [-0.2, -0.15) is 5.26 Å². The van der Waals surface area contributed by atoms with E-state index in [4.69, 9.17) is 14.3 Å². The van der Waals surface area contributed by atoms with E-state index >= 15 is 0 Å². The topological polar surface area (TPSA) is 86.6 Å². The summed E-state index contributed by atoms with van der Waals surface area (Å²) in [7, 11) is 0.932. The highest BCUT2D eigenvalue weighted by Crippen LogP contribution is 2.46. The fourth-order valence-electron chi connectivity index (χ4n) is 4.69. The third kappa shape index (κ3) is 43.2. The minimum absolute atomic E-state index is 0.351. The fourth-order valence-corrected chi connectivity index (χ4v) is 6.32. The Balaban J connectivity index is -0.000000437. The van der Waals surface area contributed by atoms with Crippen molar-refractivity contribution in [2.75, 3.05) is 33.4 Å². The van der Waals surface area contributed by atoms with Gasteiger partial charge in [-0.15, -0.1) is 0 Å². The number of hydrogen-bond donors (Lipinski definition) is 2. The summed E-state index contributed by atoms with van der Waals surface area (Å²) in [5.41, 5.74) is 0. The standard InChI is InChI=1S/C22H44N3O3P.C11H25N.2C2H6/c1-21(2)25(22(3)4)29(28-19-15-16-23)27-18-14-12-10-8-6-5-7-9-11-13-17-24-20-26;1-3-4-5-6-7-8-9-10-11-12-2;2*1-2/h20-22H,5-15,17-19H2,1-4H3,(H,24,26);12H,3-11H2,1-2H3;2*1-2H3. The van der Waals surface area contributed by atoms with E-state index in [1.54, 1.807) is 0 Å². The summed E-state index contributed by atoms with van der Waals surface area (Å²) in [5, 5.41) is 14.6. The molecule has 1 unspecified atom stereocenters. The molecule has 0 aromatic carbocycles. The second-order valence-electron chi connectivity index (χ2n) is 11.6. The number of nitrogens with zero attached hydrogens (tertiary/aromatic N) is 2. The minimum atomic E-state index is -1.10. The molecule has 0 saturated heterocycles. The molecule has 1 atom stereocenters. The number of carbonyl (C=O) groups is 1. The highest BCUT2D eigenvalue weighted by Gasteiger charge is 2.26. The second-order valence-corrected chi connectivity index (χ2v) is 13.0. The highest BCUT2D eigenvalue weighted by atomic mass is 31.2. The zero-order valence-electron chi connectivity index (χ0n) is 32.1. The van der Waals surface area contributed by atoms with Crippen molar-refractivity contribution in [3.05, 3.63) is 0 Å². The Morgan fingerprint density at radius 1 is 0.667 bits per heavy atom. The van der Waals surface area contributed by atoms with Crippen LogP contribution in [0.4, 0.5) is 0 Å². The summed E-state index contributed by atoms with van der Waals surface area (Å²) in [6.45, 7) is 22.1. The van der Waals surface area contributed by atoms with Gasteiger partial charge < -0.3 is 19.7 Å². The Morgan fingerprint density at radius 3 is 1.47 bits per heavy atom. The van der Waals surface area contributed by atoms with Gasteiger partial charge in [0.15, 0.2) is 0 Å². The van der Waals surface area contributed by atoms with E-state index in [1.165, 1.54) is 109 Å². The Hall–Kier alpha value is -0.770. The summed E-state index contributed by atoms with van der Waals surface area (Å²) in [4.78, 5) is 10.1. The minimum Gasteiger partial charge on any atom is -0.359 e. The maximum absolute atomic E-state index is 10.1. The SMILES string of the molecule is CC.CC.CC(C)N(C(C)C)P(OCCC#N)OCCCCCCCCCCCCNC=O.CCCCCCCCCCNC. The lowest BCUT2D eigenvalue weighted by atomic mass is 10.1. The van der Waals surface area contributed by atoms with Crippen molar-refractivity contribution in [3.63, 3.8) is 0 Å². The first kappa shape index (κ1) is 51.1. The van der Waals surface area contributed by atoms with E-state index in [-0.39, 0.29) is 0 Å². The fraction of sp³-hybridized carbons (Fsp3) is 0.946. The lowest BCUT2D eigenvalue weighted by Crippen LogP contribution is -2.33. The zero-order chi connectivity index (χ0) is 34.8. The van der Waals surface area contributed by atoms with E-state index in [9.17, 15) is 4.79 Å². The first-order valence-electron chi connectivity index (χ1n) is 19.0. The zero-order valence-corrected chi connectivity index (χ0v) is 33.0. The monoisotopic (exact) mass is 661 g/mol. The lowest BCUT2D eigenvalue weighted by molar-refractivity contribution is -0.109. The molecule has 0 bridgehead atoms. The third-order valence-corrected chi connectivity index (χ3v) is 9.05. The quantitative estimate of drug-likeness (QED) is 0.0453. The largest absolute Gasteiger partial charge is 0.359 e. The van der Waals surface area contributed by atoms with Crippen LogP contribution in [0.15, 0.2) is 0 Å². The number of hydrogen-bond acceptors (Lipinski definition) is 6. The smallest absolute Gasteiger partial charge is 0.259 e. The van der Waals surface area contributed by atoms with Crippen molar-refractivity contribution >= 4 is 14.9 Å². The second kappa shape index (κ2) is 47.6. The highest BCUT2D eigenvalue weighted by molar-refractivity contribution is 7.44. The van der Waals surface area contributed by atoms with Crippen LogP contribution in [0.1, 0.15) is 184 Å². The molecule has 45 heavy (non-hydrogen) atoms. The average Bonchev–Trinajstić information content (AvgIpc) is 3.04. The van der Waals surface area contributed by atoms with Gasteiger partial charge in [-0.3, -0.25) is 4.79 Å². The Labute approximate surface area is 284 Å². The molecular weight excluding hydrogens is 579 g/mol. The van der Waals surface area contributed by atoms with Crippen LogP contribution >= 0.6 is 8.53 Å². The molecule has 0 spiro atoms. The Kier molecular flexibility index (Phi) is 54.1. The number of amides is 1. The first-order valence-corrected chi connectivity index (χ1v) is 20.1. The van der Waals surface area contributed by atoms with Gasteiger partial charge >= 0.3 is 0 Å². The van der Waals surface area contributed by atoms with Crippen LogP contribution in [-0.4, -0.2) is 56.5 Å². The predicted molar refractivity (Wildman–Crippen MR) is 201 cm³/mol. The van der Waals surface area contributed by atoms with E-state index in [0.717, 1.165) is 32.4 Å².